The molecule has 0 atom stereocenters. The van der Waals surface area contributed by atoms with E-state index in [0.717, 1.165) is 12.8 Å². The van der Waals surface area contributed by atoms with E-state index < -0.39 is 0 Å². The summed E-state index contributed by atoms with van der Waals surface area (Å²) in [6.07, 6.45) is 6.18. The van der Waals surface area contributed by atoms with Crippen molar-refractivity contribution in [2.75, 3.05) is 0 Å². The van der Waals surface area contributed by atoms with Gasteiger partial charge in [-0.1, -0.05) is 12.2 Å². The van der Waals surface area contributed by atoms with Crippen LogP contribution in [0.1, 0.15) is 25.7 Å². The first-order chi connectivity index (χ1) is 4.80. The molecule has 0 aromatic carbocycles. The predicted octanol–water partition coefficient (Wildman–Crippen LogP) is 1.25. The van der Waals surface area contributed by atoms with Gasteiger partial charge in [-0.3, -0.25) is 9.59 Å². The molecule has 0 saturated carbocycles. The maximum Gasteiger partial charge on any atom is 0.198 e. The monoisotopic (exact) mass is 138 g/mol. The summed E-state index contributed by atoms with van der Waals surface area (Å²) in [7, 11) is 0. The molecule has 0 N–H and O–H groups in total. The standard InChI is InChI=1S/C8H10O2/c9-7-5-3-1-2-4-6-8(7)10/h1-2H,3-6H2/b2-1-. The highest BCUT2D eigenvalue weighted by Gasteiger charge is 2.12. The highest BCUT2D eigenvalue weighted by molar-refractivity contribution is 6.37. The third-order valence-corrected chi connectivity index (χ3v) is 1.55. The van der Waals surface area contributed by atoms with Crippen molar-refractivity contribution in [3.63, 3.8) is 0 Å². The minimum Gasteiger partial charge on any atom is -0.291 e. The topological polar surface area (TPSA) is 34.1 Å². The van der Waals surface area contributed by atoms with E-state index in [4.69, 9.17) is 0 Å². The van der Waals surface area contributed by atoms with Gasteiger partial charge in [0, 0.05) is 12.8 Å². The zero-order chi connectivity index (χ0) is 7.40. The Bertz CT molecular complexity index is 160. The van der Waals surface area contributed by atoms with Crippen molar-refractivity contribution in [2.24, 2.45) is 0 Å². The van der Waals surface area contributed by atoms with Crippen LogP contribution < -0.4 is 0 Å². The van der Waals surface area contributed by atoms with Gasteiger partial charge in [0.15, 0.2) is 11.6 Å². The highest BCUT2D eigenvalue weighted by atomic mass is 16.2. The van der Waals surface area contributed by atoms with Crippen LogP contribution in [0.15, 0.2) is 12.2 Å². The first kappa shape index (κ1) is 7.19. The molecule has 1 aliphatic carbocycles. The molecule has 10 heavy (non-hydrogen) atoms. The van der Waals surface area contributed by atoms with Gasteiger partial charge in [0.25, 0.3) is 0 Å². The molecule has 0 saturated heterocycles. The summed E-state index contributed by atoms with van der Waals surface area (Å²) in [6.45, 7) is 0. The lowest BCUT2D eigenvalue weighted by Gasteiger charge is -1.99. The first-order valence-electron chi connectivity index (χ1n) is 3.52. The van der Waals surface area contributed by atoms with Crippen LogP contribution in [0.4, 0.5) is 0 Å². The van der Waals surface area contributed by atoms with E-state index in [1.807, 2.05) is 12.2 Å². The molecule has 0 fully saturated rings. The smallest absolute Gasteiger partial charge is 0.198 e. The van der Waals surface area contributed by atoms with Crippen LogP contribution in [0.5, 0.6) is 0 Å². The lowest BCUT2D eigenvalue weighted by atomic mass is 10.0. The maximum atomic E-state index is 10.8. The molecule has 0 unspecified atom stereocenters. The van der Waals surface area contributed by atoms with Crippen molar-refractivity contribution < 1.29 is 9.59 Å². The molecule has 0 bridgehead atoms. The number of hydrogen-bond donors (Lipinski definition) is 0. The predicted molar refractivity (Wildman–Crippen MR) is 37.6 cm³/mol. The summed E-state index contributed by atoms with van der Waals surface area (Å²) in [5, 5.41) is 0. The Kier molecular flexibility index (Phi) is 2.37. The zero-order valence-electron chi connectivity index (χ0n) is 5.80. The van der Waals surface area contributed by atoms with Gasteiger partial charge < -0.3 is 0 Å². The summed E-state index contributed by atoms with van der Waals surface area (Å²) < 4.78 is 0. The Morgan fingerprint density at radius 3 is 1.70 bits per heavy atom. The quantitative estimate of drug-likeness (QED) is 0.373. The van der Waals surface area contributed by atoms with Gasteiger partial charge in [-0.15, -0.1) is 0 Å². The van der Waals surface area contributed by atoms with Crippen molar-refractivity contribution in [3.8, 4) is 0 Å². The summed E-state index contributed by atoms with van der Waals surface area (Å²) in [6, 6.07) is 0. The number of rotatable bonds is 0. The fourth-order valence-electron chi connectivity index (χ4n) is 0.943. The van der Waals surface area contributed by atoms with E-state index in [-0.39, 0.29) is 11.6 Å². The molecule has 0 spiro atoms. The van der Waals surface area contributed by atoms with E-state index in [1.165, 1.54) is 0 Å². The van der Waals surface area contributed by atoms with Crippen LogP contribution in [-0.4, -0.2) is 11.6 Å². The second-order valence-corrected chi connectivity index (χ2v) is 2.40. The second-order valence-electron chi connectivity index (χ2n) is 2.40. The number of hydrogen-bond acceptors (Lipinski definition) is 2. The summed E-state index contributed by atoms with van der Waals surface area (Å²) in [5.74, 6) is -0.409. The Morgan fingerprint density at radius 1 is 0.900 bits per heavy atom. The van der Waals surface area contributed by atoms with Crippen molar-refractivity contribution in [3.05, 3.63) is 12.2 Å². The molecule has 0 radical (unpaired) electrons. The SMILES string of the molecule is O=C1CC/C=C\CCC1=O. The fraction of sp³-hybridized carbons (Fsp3) is 0.500. The van der Waals surface area contributed by atoms with Crippen LogP contribution >= 0.6 is 0 Å². The Labute approximate surface area is 59.9 Å². The molecule has 0 aliphatic heterocycles. The van der Waals surface area contributed by atoms with Gasteiger partial charge in [0.1, 0.15) is 0 Å². The van der Waals surface area contributed by atoms with Crippen molar-refractivity contribution in [2.45, 2.75) is 25.7 Å². The van der Waals surface area contributed by atoms with Crippen molar-refractivity contribution in [1.29, 1.82) is 0 Å². The van der Waals surface area contributed by atoms with Gasteiger partial charge in [-0.25, -0.2) is 0 Å². The van der Waals surface area contributed by atoms with Gasteiger partial charge in [-0.2, -0.15) is 0 Å². The van der Waals surface area contributed by atoms with E-state index >= 15 is 0 Å². The molecule has 2 nitrogen and oxygen atoms in total. The minimum atomic E-state index is -0.204. The van der Waals surface area contributed by atoms with Crippen LogP contribution in [0.25, 0.3) is 0 Å². The fourth-order valence-corrected chi connectivity index (χ4v) is 0.943. The number of ketones is 2. The third kappa shape index (κ3) is 1.79. The molecule has 2 heteroatoms. The van der Waals surface area contributed by atoms with Crippen molar-refractivity contribution >= 4 is 11.6 Å². The van der Waals surface area contributed by atoms with Gasteiger partial charge in [0.2, 0.25) is 0 Å². The zero-order valence-corrected chi connectivity index (χ0v) is 5.80. The maximum absolute atomic E-state index is 10.8. The normalized spacial score (nSPS) is 23.6. The van der Waals surface area contributed by atoms with Crippen LogP contribution in [-0.2, 0) is 9.59 Å². The van der Waals surface area contributed by atoms with Crippen LogP contribution in [0.3, 0.4) is 0 Å². The van der Waals surface area contributed by atoms with Crippen LogP contribution in [0.2, 0.25) is 0 Å². The molecule has 1 rings (SSSR count). The average Bonchev–Trinajstić information content (AvgIpc) is 1.92. The first-order valence-corrected chi connectivity index (χ1v) is 3.52. The number of carbonyl (C=O) groups excluding carboxylic acids is 2. The Morgan fingerprint density at radius 2 is 1.30 bits per heavy atom. The summed E-state index contributed by atoms with van der Waals surface area (Å²) in [5.41, 5.74) is 0. The Hall–Kier alpha value is -0.920. The van der Waals surface area contributed by atoms with Crippen LogP contribution in [0, 0.1) is 0 Å². The number of Topliss-reactive ketones (excluding diaryl/α,β-unsaturated/α-hetero) is 2. The highest BCUT2D eigenvalue weighted by Crippen LogP contribution is 2.04. The summed E-state index contributed by atoms with van der Waals surface area (Å²) >= 11 is 0. The lowest BCUT2D eigenvalue weighted by Crippen LogP contribution is -2.13. The molecule has 54 valence electrons. The number of allylic oxidation sites excluding steroid dienone is 2. The second kappa shape index (κ2) is 3.30. The van der Waals surface area contributed by atoms with Gasteiger partial charge in [-0.05, 0) is 12.8 Å². The van der Waals surface area contributed by atoms with Gasteiger partial charge in [0.05, 0.1) is 0 Å². The lowest BCUT2D eigenvalue weighted by molar-refractivity contribution is -0.136. The third-order valence-electron chi connectivity index (χ3n) is 1.55. The molecule has 0 heterocycles. The number of carbonyl (C=O) groups is 2. The van der Waals surface area contributed by atoms with E-state index in [1.54, 1.807) is 0 Å². The summed E-state index contributed by atoms with van der Waals surface area (Å²) in [4.78, 5) is 21.6. The van der Waals surface area contributed by atoms with E-state index in [9.17, 15) is 9.59 Å². The molecular weight excluding hydrogens is 128 g/mol. The minimum absolute atomic E-state index is 0.204. The molecular formula is C8H10O2. The largest absolute Gasteiger partial charge is 0.291 e. The Balaban J connectivity index is 2.57. The molecule has 0 amide bonds. The molecule has 1 aliphatic rings. The van der Waals surface area contributed by atoms with Crippen molar-refractivity contribution in [1.82, 2.24) is 0 Å². The average molecular weight is 138 g/mol. The molecule has 0 aromatic rings. The van der Waals surface area contributed by atoms with Gasteiger partial charge >= 0.3 is 0 Å². The van der Waals surface area contributed by atoms with E-state index in [2.05, 4.69) is 0 Å². The molecule has 0 aromatic heterocycles. The van der Waals surface area contributed by atoms with E-state index in [0.29, 0.717) is 12.8 Å².